The van der Waals surface area contributed by atoms with Crippen LogP contribution in [0.4, 0.5) is 18.9 Å². The molecule has 1 saturated heterocycles. The normalized spacial score (nSPS) is 20.8. The summed E-state index contributed by atoms with van der Waals surface area (Å²) in [5.74, 6) is -0.991. The molecule has 1 aliphatic rings. The van der Waals surface area contributed by atoms with Gasteiger partial charge in [0.25, 0.3) is 11.6 Å². The van der Waals surface area contributed by atoms with E-state index < -0.39 is 36.2 Å². The smallest absolute Gasteiger partial charge is 0.368 e. The highest BCUT2D eigenvalue weighted by atomic mass is 19.4. The van der Waals surface area contributed by atoms with Crippen molar-refractivity contribution in [3.63, 3.8) is 0 Å². The van der Waals surface area contributed by atoms with E-state index in [1.165, 1.54) is 24.3 Å². The number of alkyl halides is 3. The summed E-state index contributed by atoms with van der Waals surface area (Å²) < 4.78 is 43.8. The zero-order chi connectivity index (χ0) is 17.9. The van der Waals surface area contributed by atoms with E-state index in [4.69, 9.17) is 4.74 Å². The molecule has 0 N–H and O–H groups in total. The first kappa shape index (κ1) is 18.2. The first-order chi connectivity index (χ1) is 11.2. The topological polar surface area (TPSA) is 72.7 Å². The molecule has 0 radical (unpaired) electrons. The Kier molecular flexibility index (Phi) is 5.43. The quantitative estimate of drug-likeness (QED) is 0.607. The molecule has 2 rings (SSSR count). The minimum Gasteiger partial charge on any atom is -0.368 e. The van der Waals surface area contributed by atoms with Crippen LogP contribution in [0.25, 0.3) is 0 Å². The van der Waals surface area contributed by atoms with Crippen molar-refractivity contribution in [2.45, 2.75) is 32.2 Å². The maximum Gasteiger partial charge on any atom is 0.406 e. The van der Waals surface area contributed by atoms with E-state index in [1.54, 1.807) is 6.92 Å². The Hall–Kier alpha value is -2.16. The highest BCUT2D eigenvalue weighted by molar-refractivity contribution is 5.81. The van der Waals surface area contributed by atoms with Crippen molar-refractivity contribution >= 4 is 11.6 Å². The molecular formula is C15H17F3N2O4. The van der Waals surface area contributed by atoms with Crippen LogP contribution in [0.15, 0.2) is 24.3 Å². The summed E-state index contributed by atoms with van der Waals surface area (Å²) in [6.07, 6.45) is -4.97. The minimum absolute atomic E-state index is 0.0470. The Morgan fingerprint density at radius 1 is 1.42 bits per heavy atom. The van der Waals surface area contributed by atoms with Crippen molar-refractivity contribution in [3.05, 3.63) is 39.9 Å². The molecule has 2 atom stereocenters. The molecule has 6 nitrogen and oxygen atoms in total. The summed E-state index contributed by atoms with van der Waals surface area (Å²) in [5, 5.41) is 11.0. The summed E-state index contributed by atoms with van der Waals surface area (Å²) in [4.78, 5) is 23.4. The predicted molar refractivity (Wildman–Crippen MR) is 78.1 cm³/mol. The number of amides is 1. The number of rotatable bonds is 5. The second-order valence-corrected chi connectivity index (χ2v) is 5.75. The van der Waals surface area contributed by atoms with Crippen LogP contribution >= 0.6 is 0 Å². The standard InChI is InChI=1S/C15H17F3N2O4/c1-10-6-7-24-13(10)14(21)19(9-15(16,17)18)8-11-4-2-3-5-12(11)20(22)23/h2-5,10,13H,6-9H2,1H3. The van der Waals surface area contributed by atoms with Gasteiger partial charge < -0.3 is 9.64 Å². The molecule has 0 spiro atoms. The molecule has 0 aliphatic carbocycles. The van der Waals surface area contributed by atoms with Crippen LogP contribution in [0.2, 0.25) is 0 Å². The van der Waals surface area contributed by atoms with Crippen LogP contribution in [0.1, 0.15) is 18.9 Å². The number of para-hydroxylation sites is 1. The SMILES string of the molecule is CC1CCOC1C(=O)N(Cc1ccccc1[N+](=O)[O-])CC(F)(F)F. The molecule has 1 heterocycles. The molecule has 2 unspecified atom stereocenters. The van der Waals surface area contributed by atoms with Crippen molar-refractivity contribution in [1.82, 2.24) is 4.90 Å². The van der Waals surface area contributed by atoms with Gasteiger partial charge in [0.1, 0.15) is 12.6 Å². The van der Waals surface area contributed by atoms with Gasteiger partial charge in [0.05, 0.1) is 11.5 Å². The molecule has 1 fully saturated rings. The molecule has 24 heavy (non-hydrogen) atoms. The largest absolute Gasteiger partial charge is 0.406 e. The summed E-state index contributed by atoms with van der Waals surface area (Å²) in [6.45, 7) is 0.0573. The van der Waals surface area contributed by atoms with Crippen molar-refractivity contribution in [2.75, 3.05) is 13.2 Å². The highest BCUT2D eigenvalue weighted by Crippen LogP contribution is 2.27. The van der Waals surface area contributed by atoms with Crippen molar-refractivity contribution < 1.29 is 27.6 Å². The first-order valence-corrected chi connectivity index (χ1v) is 7.38. The van der Waals surface area contributed by atoms with Crippen LogP contribution in [-0.2, 0) is 16.1 Å². The fraction of sp³-hybridized carbons (Fsp3) is 0.533. The summed E-state index contributed by atoms with van der Waals surface area (Å²) in [5.41, 5.74) is -0.274. The van der Waals surface area contributed by atoms with Gasteiger partial charge in [-0.25, -0.2) is 0 Å². The van der Waals surface area contributed by atoms with Gasteiger partial charge >= 0.3 is 6.18 Å². The zero-order valence-electron chi connectivity index (χ0n) is 13.0. The van der Waals surface area contributed by atoms with Crippen LogP contribution in [0.3, 0.4) is 0 Å². The molecule has 0 aromatic heterocycles. The monoisotopic (exact) mass is 346 g/mol. The van der Waals surface area contributed by atoms with E-state index in [9.17, 15) is 28.1 Å². The Morgan fingerprint density at radius 3 is 2.62 bits per heavy atom. The number of hydrogen-bond acceptors (Lipinski definition) is 4. The third-order valence-electron chi connectivity index (χ3n) is 3.86. The number of nitro benzene ring substituents is 1. The van der Waals surface area contributed by atoms with E-state index in [-0.39, 0.29) is 17.2 Å². The lowest BCUT2D eigenvalue weighted by molar-refractivity contribution is -0.385. The van der Waals surface area contributed by atoms with E-state index in [1.807, 2.05) is 0 Å². The van der Waals surface area contributed by atoms with Crippen LogP contribution in [0, 0.1) is 16.0 Å². The molecule has 0 saturated carbocycles. The van der Waals surface area contributed by atoms with E-state index in [0.29, 0.717) is 17.9 Å². The number of nitrogens with zero attached hydrogens (tertiary/aromatic N) is 2. The van der Waals surface area contributed by atoms with Gasteiger partial charge in [0.15, 0.2) is 0 Å². The van der Waals surface area contributed by atoms with E-state index in [2.05, 4.69) is 0 Å². The second-order valence-electron chi connectivity index (χ2n) is 5.75. The number of benzene rings is 1. The van der Waals surface area contributed by atoms with Gasteiger partial charge in [-0.05, 0) is 12.3 Å². The number of carbonyl (C=O) groups excluding carboxylic acids is 1. The van der Waals surface area contributed by atoms with Gasteiger partial charge in [0.2, 0.25) is 0 Å². The first-order valence-electron chi connectivity index (χ1n) is 7.38. The van der Waals surface area contributed by atoms with Crippen molar-refractivity contribution in [2.24, 2.45) is 5.92 Å². The molecule has 1 amide bonds. The lowest BCUT2D eigenvalue weighted by atomic mass is 10.0. The maximum absolute atomic E-state index is 12.8. The third kappa shape index (κ3) is 4.44. The highest BCUT2D eigenvalue weighted by Gasteiger charge is 2.39. The van der Waals surface area contributed by atoms with Crippen molar-refractivity contribution in [1.29, 1.82) is 0 Å². The Labute approximate surface area is 136 Å². The lowest BCUT2D eigenvalue weighted by Gasteiger charge is -2.27. The molecule has 9 heteroatoms. The zero-order valence-corrected chi connectivity index (χ0v) is 13.0. The maximum atomic E-state index is 12.8. The third-order valence-corrected chi connectivity index (χ3v) is 3.86. The summed E-state index contributed by atoms with van der Waals surface area (Å²) >= 11 is 0. The van der Waals surface area contributed by atoms with Crippen LogP contribution in [-0.4, -0.2) is 41.2 Å². The fourth-order valence-electron chi connectivity index (χ4n) is 2.65. The summed E-state index contributed by atoms with van der Waals surface area (Å²) in [6, 6.07) is 5.43. The number of ether oxygens (including phenoxy) is 1. The Balaban J connectivity index is 2.27. The number of nitro groups is 1. The minimum atomic E-state index is -4.61. The van der Waals surface area contributed by atoms with Gasteiger partial charge in [-0.3, -0.25) is 14.9 Å². The van der Waals surface area contributed by atoms with Gasteiger partial charge in [-0.1, -0.05) is 25.1 Å². The molecule has 1 aromatic rings. The van der Waals surface area contributed by atoms with Crippen LogP contribution < -0.4 is 0 Å². The van der Waals surface area contributed by atoms with Gasteiger partial charge in [-0.15, -0.1) is 0 Å². The van der Waals surface area contributed by atoms with E-state index in [0.717, 1.165) is 0 Å². The van der Waals surface area contributed by atoms with E-state index >= 15 is 0 Å². The number of hydrogen-bond donors (Lipinski definition) is 0. The van der Waals surface area contributed by atoms with Gasteiger partial charge in [0, 0.05) is 18.2 Å². The fourth-order valence-corrected chi connectivity index (χ4v) is 2.65. The summed E-state index contributed by atoms with van der Waals surface area (Å²) in [7, 11) is 0. The second kappa shape index (κ2) is 7.16. The molecule has 132 valence electrons. The predicted octanol–water partition coefficient (Wildman–Crippen LogP) is 2.91. The Bertz CT molecular complexity index is 621. The lowest BCUT2D eigenvalue weighted by Crippen LogP contribution is -2.45. The number of carbonyl (C=O) groups is 1. The number of halogens is 3. The average molecular weight is 346 g/mol. The Morgan fingerprint density at radius 2 is 2.08 bits per heavy atom. The van der Waals surface area contributed by atoms with Crippen LogP contribution in [0.5, 0.6) is 0 Å². The molecular weight excluding hydrogens is 329 g/mol. The molecule has 1 aliphatic heterocycles. The van der Waals surface area contributed by atoms with Crippen molar-refractivity contribution in [3.8, 4) is 0 Å². The van der Waals surface area contributed by atoms with Gasteiger partial charge in [-0.2, -0.15) is 13.2 Å². The average Bonchev–Trinajstić information content (AvgIpc) is 2.91. The molecule has 1 aromatic carbocycles. The molecule has 0 bridgehead atoms.